The van der Waals surface area contributed by atoms with Crippen LogP contribution in [0, 0.1) is 12.7 Å². The summed E-state index contributed by atoms with van der Waals surface area (Å²) in [5, 5.41) is 6.15. The van der Waals surface area contributed by atoms with E-state index in [2.05, 4.69) is 15.6 Å². The van der Waals surface area contributed by atoms with Crippen molar-refractivity contribution in [1.82, 2.24) is 15.6 Å². The zero-order chi connectivity index (χ0) is 25.5. The average molecular weight is 521 g/mol. The number of hydrogen-bond donors (Lipinski definition) is 2. The van der Waals surface area contributed by atoms with E-state index in [0.717, 1.165) is 18.4 Å². The molecule has 3 aromatic rings. The summed E-state index contributed by atoms with van der Waals surface area (Å²) < 4.78 is 26.4. The Morgan fingerprint density at radius 1 is 1.24 bits per heavy atom. The van der Waals surface area contributed by atoms with Crippen LogP contribution in [0.5, 0.6) is 11.5 Å². The van der Waals surface area contributed by atoms with Crippen LogP contribution in [0.3, 0.4) is 0 Å². The number of benzene rings is 2. The number of para-hydroxylation sites is 1. The third-order valence-electron chi connectivity index (χ3n) is 6.73. The lowest BCUT2D eigenvalue weighted by molar-refractivity contribution is -0.122. The highest BCUT2D eigenvalue weighted by Crippen LogP contribution is 2.51. The van der Waals surface area contributed by atoms with Crippen LogP contribution in [-0.4, -0.2) is 41.4 Å². The number of hydrogen-bond acceptors (Lipinski definition) is 6. The minimum absolute atomic E-state index is 0.0453. The molecule has 2 unspecified atom stereocenters. The average Bonchev–Trinajstić information content (AvgIpc) is 3.27. The first-order chi connectivity index (χ1) is 18.0. The zero-order valence-corrected chi connectivity index (χ0v) is 20.9. The molecule has 1 fully saturated rings. The topological polar surface area (TPSA) is 92.8 Å². The van der Waals surface area contributed by atoms with Gasteiger partial charge in [0.1, 0.15) is 16.0 Å². The summed E-state index contributed by atoms with van der Waals surface area (Å²) in [6.07, 6.45) is 3.37. The second-order valence-corrected chi connectivity index (χ2v) is 10.4. The lowest BCUT2D eigenvalue weighted by Gasteiger charge is -2.35. The van der Waals surface area contributed by atoms with Crippen LogP contribution < -0.4 is 20.3 Å². The summed E-state index contributed by atoms with van der Waals surface area (Å²) in [4.78, 5) is 32.5. The SMILES string of the molecule is Cc1cc(Oc2ccccc2)c(F)cc1N1C(=O)NC2c3c1ccnc3S[C@H]2C(=O)NC1CCCOC1. The van der Waals surface area contributed by atoms with Crippen LogP contribution in [0.25, 0.3) is 0 Å². The largest absolute Gasteiger partial charge is 0.454 e. The smallest absolute Gasteiger partial charge is 0.327 e. The van der Waals surface area contributed by atoms with Crippen molar-refractivity contribution in [2.45, 2.75) is 42.1 Å². The highest BCUT2D eigenvalue weighted by atomic mass is 32.2. The highest BCUT2D eigenvalue weighted by Gasteiger charge is 2.47. The molecule has 2 aromatic carbocycles. The van der Waals surface area contributed by atoms with Gasteiger partial charge in [-0.1, -0.05) is 30.0 Å². The van der Waals surface area contributed by atoms with Gasteiger partial charge in [-0.15, -0.1) is 0 Å². The lowest BCUT2D eigenvalue weighted by atomic mass is 9.99. The molecular weight excluding hydrogens is 495 g/mol. The number of nitrogens with zero attached hydrogens (tertiary/aromatic N) is 2. The van der Waals surface area contributed by atoms with Crippen molar-refractivity contribution in [3.05, 3.63) is 71.7 Å². The first kappa shape index (κ1) is 23.7. The fraction of sp³-hybridized carbons (Fsp3) is 0.296. The fourth-order valence-electron chi connectivity index (χ4n) is 4.98. The molecule has 8 nitrogen and oxygen atoms in total. The second kappa shape index (κ2) is 9.68. The van der Waals surface area contributed by atoms with E-state index in [9.17, 15) is 9.59 Å². The van der Waals surface area contributed by atoms with Gasteiger partial charge >= 0.3 is 6.03 Å². The Labute approximate surface area is 217 Å². The van der Waals surface area contributed by atoms with E-state index >= 15 is 4.39 Å². The molecule has 37 heavy (non-hydrogen) atoms. The second-order valence-electron chi connectivity index (χ2n) is 9.26. The number of urea groups is 1. The Hall–Kier alpha value is -3.63. The summed E-state index contributed by atoms with van der Waals surface area (Å²) in [6.45, 7) is 2.99. The maximum atomic E-state index is 15.2. The summed E-state index contributed by atoms with van der Waals surface area (Å²) in [5.74, 6) is -0.166. The van der Waals surface area contributed by atoms with Gasteiger partial charge in [0.05, 0.1) is 30.1 Å². The quantitative estimate of drug-likeness (QED) is 0.492. The summed E-state index contributed by atoms with van der Waals surface area (Å²) >= 11 is 1.33. The Balaban J connectivity index is 1.30. The summed E-state index contributed by atoms with van der Waals surface area (Å²) in [5.41, 5.74) is 2.39. The maximum Gasteiger partial charge on any atom is 0.327 e. The molecule has 0 saturated carbocycles. The van der Waals surface area contributed by atoms with Gasteiger partial charge in [-0.25, -0.2) is 14.2 Å². The number of thioether (sulfide) groups is 1. The van der Waals surface area contributed by atoms with Gasteiger partial charge in [-0.2, -0.15) is 0 Å². The van der Waals surface area contributed by atoms with E-state index < -0.39 is 23.1 Å². The molecule has 2 N–H and O–H groups in total. The van der Waals surface area contributed by atoms with E-state index in [4.69, 9.17) is 9.47 Å². The van der Waals surface area contributed by atoms with Crippen molar-refractivity contribution in [1.29, 1.82) is 0 Å². The Morgan fingerprint density at radius 2 is 2.08 bits per heavy atom. The first-order valence-corrected chi connectivity index (χ1v) is 13.0. The molecule has 0 radical (unpaired) electrons. The van der Waals surface area contributed by atoms with Gasteiger partial charge in [0.2, 0.25) is 5.91 Å². The van der Waals surface area contributed by atoms with Crippen LogP contribution in [0.2, 0.25) is 0 Å². The molecule has 190 valence electrons. The molecule has 4 heterocycles. The summed E-state index contributed by atoms with van der Waals surface area (Å²) in [6, 6.07) is 12.5. The normalized spacial score (nSPS) is 22.3. The number of halogens is 1. The number of amides is 3. The van der Waals surface area contributed by atoms with Gasteiger partial charge in [0, 0.05) is 24.4 Å². The maximum absolute atomic E-state index is 15.2. The van der Waals surface area contributed by atoms with E-state index in [1.165, 1.54) is 22.7 Å². The van der Waals surface area contributed by atoms with Gasteiger partial charge < -0.3 is 20.1 Å². The number of carbonyl (C=O) groups is 2. The number of nitrogens with one attached hydrogen (secondary N) is 2. The van der Waals surface area contributed by atoms with Crippen molar-refractivity contribution in [2.24, 2.45) is 0 Å². The Kier molecular flexibility index (Phi) is 6.21. The molecule has 3 atom stereocenters. The van der Waals surface area contributed by atoms with Crippen molar-refractivity contribution < 1.29 is 23.5 Å². The number of aromatic nitrogens is 1. The van der Waals surface area contributed by atoms with Gasteiger partial charge in [-0.3, -0.25) is 9.69 Å². The minimum Gasteiger partial charge on any atom is -0.454 e. The molecule has 1 aromatic heterocycles. The molecule has 3 aliphatic rings. The van der Waals surface area contributed by atoms with Crippen molar-refractivity contribution in [3.8, 4) is 11.5 Å². The molecule has 10 heteroatoms. The molecule has 3 amide bonds. The minimum atomic E-state index is -0.591. The highest BCUT2D eigenvalue weighted by molar-refractivity contribution is 8.01. The van der Waals surface area contributed by atoms with Crippen LogP contribution in [0.15, 0.2) is 59.8 Å². The molecule has 0 bridgehead atoms. The third-order valence-corrected chi connectivity index (χ3v) is 8.02. The fourth-order valence-corrected chi connectivity index (χ4v) is 6.22. The third kappa shape index (κ3) is 4.40. The van der Waals surface area contributed by atoms with E-state index in [0.29, 0.717) is 40.9 Å². The predicted molar refractivity (Wildman–Crippen MR) is 137 cm³/mol. The monoisotopic (exact) mass is 520 g/mol. The van der Waals surface area contributed by atoms with Crippen LogP contribution in [0.4, 0.5) is 20.6 Å². The van der Waals surface area contributed by atoms with Gasteiger partial charge in [-0.05, 0) is 49.6 Å². The Morgan fingerprint density at radius 3 is 2.86 bits per heavy atom. The van der Waals surface area contributed by atoms with E-state index in [1.54, 1.807) is 49.5 Å². The first-order valence-electron chi connectivity index (χ1n) is 12.2. The van der Waals surface area contributed by atoms with Gasteiger partial charge in [0.15, 0.2) is 11.6 Å². The van der Waals surface area contributed by atoms with E-state index in [1.807, 2.05) is 6.07 Å². The molecule has 0 aliphatic carbocycles. The number of carbonyl (C=O) groups excluding carboxylic acids is 2. The number of rotatable bonds is 5. The van der Waals surface area contributed by atoms with Gasteiger partial charge in [0.25, 0.3) is 0 Å². The van der Waals surface area contributed by atoms with Crippen molar-refractivity contribution >= 4 is 35.1 Å². The van der Waals surface area contributed by atoms with E-state index in [-0.39, 0.29) is 17.7 Å². The zero-order valence-electron chi connectivity index (χ0n) is 20.1. The van der Waals surface area contributed by atoms with Crippen LogP contribution in [0.1, 0.15) is 30.0 Å². The van der Waals surface area contributed by atoms with Crippen molar-refractivity contribution in [2.75, 3.05) is 18.1 Å². The number of aryl methyl sites for hydroxylation is 1. The molecular formula is C27H25FN4O4S. The number of anilines is 2. The lowest BCUT2D eigenvalue weighted by Crippen LogP contribution is -2.51. The predicted octanol–water partition coefficient (Wildman–Crippen LogP) is 4.99. The summed E-state index contributed by atoms with van der Waals surface area (Å²) in [7, 11) is 0. The van der Waals surface area contributed by atoms with Crippen molar-refractivity contribution in [3.63, 3.8) is 0 Å². The standard InChI is InChI=1S/C27H25FN4O4S/c1-15-12-21(36-17-7-3-2-4-8-17)18(28)13-20(15)32-19-9-10-29-26-22(19)23(31-27(32)34)24(37-26)25(33)30-16-6-5-11-35-14-16/h2-4,7-10,12-13,16,23-24H,5-6,11,14H2,1H3,(H,30,33)(H,31,34)/t16?,23?,24-/m1/s1. The van der Waals surface area contributed by atoms with Crippen LogP contribution in [-0.2, 0) is 9.53 Å². The molecule has 1 saturated heterocycles. The molecule has 0 spiro atoms. The Bertz CT molecular complexity index is 1370. The van der Waals surface area contributed by atoms with Crippen LogP contribution >= 0.6 is 11.8 Å². The molecule has 3 aliphatic heterocycles. The molecule has 6 rings (SSSR count). The number of ether oxygens (including phenoxy) is 2. The number of pyridine rings is 1.